The van der Waals surface area contributed by atoms with E-state index in [1.165, 1.54) is 11.3 Å². The molecule has 0 aliphatic rings. The van der Waals surface area contributed by atoms with Gasteiger partial charge in [-0.1, -0.05) is 11.3 Å². The van der Waals surface area contributed by atoms with Gasteiger partial charge < -0.3 is 5.11 Å². The zero-order valence-electron chi connectivity index (χ0n) is 5.98. The van der Waals surface area contributed by atoms with E-state index >= 15 is 0 Å². The third-order valence-corrected chi connectivity index (χ3v) is 2.27. The monoisotopic (exact) mass is 169 g/mol. The van der Waals surface area contributed by atoms with Gasteiger partial charge in [0.25, 0.3) is 0 Å². The van der Waals surface area contributed by atoms with Crippen LogP contribution in [0.4, 0.5) is 0 Å². The average Bonchev–Trinajstić information content (AvgIpc) is 2.50. The quantitative estimate of drug-likeness (QED) is 0.706. The average molecular weight is 169 g/mol. The highest BCUT2D eigenvalue weighted by atomic mass is 32.1. The molecule has 58 valence electrons. The van der Waals surface area contributed by atoms with Gasteiger partial charge in [0, 0.05) is 0 Å². The second kappa shape index (κ2) is 3.42. The summed E-state index contributed by atoms with van der Waals surface area (Å²) in [5, 5.41) is 25.8. The number of nitriles is 1. The van der Waals surface area contributed by atoms with E-state index in [0.717, 1.165) is 0 Å². The lowest BCUT2D eigenvalue weighted by molar-refractivity contribution is 0.280. The summed E-state index contributed by atoms with van der Waals surface area (Å²) in [5.74, 6) is -0.229. The first-order chi connectivity index (χ1) is 5.27. The lowest BCUT2D eigenvalue weighted by Gasteiger charge is -1.89. The van der Waals surface area contributed by atoms with Crippen molar-refractivity contribution in [3.05, 3.63) is 10.0 Å². The van der Waals surface area contributed by atoms with E-state index in [-0.39, 0.29) is 12.5 Å². The summed E-state index contributed by atoms with van der Waals surface area (Å²) in [6, 6.07) is 2.04. The van der Waals surface area contributed by atoms with Crippen molar-refractivity contribution >= 4 is 11.3 Å². The largest absolute Gasteiger partial charge is 0.389 e. The molecule has 11 heavy (non-hydrogen) atoms. The summed E-state index contributed by atoms with van der Waals surface area (Å²) in [4.78, 5) is 0. The molecule has 1 aromatic heterocycles. The number of hydrogen-bond acceptors (Lipinski definition) is 5. The third kappa shape index (κ3) is 1.73. The van der Waals surface area contributed by atoms with Gasteiger partial charge >= 0.3 is 0 Å². The Morgan fingerprint density at radius 1 is 1.73 bits per heavy atom. The van der Waals surface area contributed by atoms with Crippen LogP contribution in [0.1, 0.15) is 22.9 Å². The molecule has 0 unspecified atom stereocenters. The molecule has 0 aliphatic heterocycles. The van der Waals surface area contributed by atoms with Gasteiger partial charge in [0.2, 0.25) is 0 Å². The molecule has 4 nitrogen and oxygen atoms in total. The van der Waals surface area contributed by atoms with E-state index in [0.29, 0.717) is 10.0 Å². The van der Waals surface area contributed by atoms with Crippen LogP contribution in [0.25, 0.3) is 0 Å². The van der Waals surface area contributed by atoms with E-state index in [2.05, 4.69) is 10.2 Å². The smallest absolute Gasteiger partial charge is 0.143 e. The Balaban J connectivity index is 2.82. The van der Waals surface area contributed by atoms with Crippen LogP contribution in [0.2, 0.25) is 0 Å². The van der Waals surface area contributed by atoms with Gasteiger partial charge in [-0.05, 0) is 6.92 Å². The molecule has 0 aromatic carbocycles. The predicted molar refractivity (Wildman–Crippen MR) is 39.9 cm³/mol. The summed E-state index contributed by atoms with van der Waals surface area (Å²) in [6.07, 6.45) is 0. The van der Waals surface area contributed by atoms with Crippen LogP contribution in [0, 0.1) is 11.3 Å². The second-order valence-electron chi connectivity index (χ2n) is 2.04. The van der Waals surface area contributed by atoms with Crippen molar-refractivity contribution in [1.29, 1.82) is 5.26 Å². The van der Waals surface area contributed by atoms with E-state index in [4.69, 9.17) is 10.4 Å². The van der Waals surface area contributed by atoms with E-state index in [9.17, 15) is 0 Å². The number of rotatable bonds is 2. The number of aliphatic hydroxyl groups is 1. The zero-order valence-corrected chi connectivity index (χ0v) is 6.80. The first-order valence-electron chi connectivity index (χ1n) is 3.10. The number of nitrogens with zero attached hydrogens (tertiary/aromatic N) is 3. The first-order valence-corrected chi connectivity index (χ1v) is 3.92. The van der Waals surface area contributed by atoms with E-state index < -0.39 is 0 Å². The fourth-order valence-electron chi connectivity index (χ4n) is 0.561. The Kier molecular flexibility index (Phi) is 2.52. The molecule has 1 rings (SSSR count). The maximum absolute atomic E-state index is 8.63. The predicted octanol–water partition coefficient (Wildman–Crippen LogP) is 0.657. The Labute approximate surface area is 68.1 Å². The SMILES string of the molecule is C[C@@H](C#N)c1nnc(CO)s1. The molecule has 0 saturated carbocycles. The van der Waals surface area contributed by atoms with Crippen LogP contribution >= 0.6 is 11.3 Å². The van der Waals surface area contributed by atoms with Gasteiger partial charge in [-0.25, -0.2) is 0 Å². The van der Waals surface area contributed by atoms with Gasteiger partial charge in [-0.15, -0.1) is 10.2 Å². The van der Waals surface area contributed by atoms with Crippen molar-refractivity contribution in [3.8, 4) is 6.07 Å². The van der Waals surface area contributed by atoms with Crippen molar-refractivity contribution in [3.63, 3.8) is 0 Å². The maximum Gasteiger partial charge on any atom is 0.143 e. The van der Waals surface area contributed by atoms with Crippen molar-refractivity contribution in [2.75, 3.05) is 0 Å². The Morgan fingerprint density at radius 3 is 2.91 bits per heavy atom. The Bertz CT molecular complexity index is 278. The van der Waals surface area contributed by atoms with Gasteiger partial charge in [0.1, 0.15) is 10.0 Å². The highest BCUT2D eigenvalue weighted by Crippen LogP contribution is 2.18. The third-order valence-electron chi connectivity index (χ3n) is 1.18. The molecular weight excluding hydrogens is 162 g/mol. The van der Waals surface area contributed by atoms with Crippen LogP contribution < -0.4 is 0 Å². The first kappa shape index (κ1) is 8.11. The summed E-state index contributed by atoms with van der Waals surface area (Å²) < 4.78 is 0. The summed E-state index contributed by atoms with van der Waals surface area (Å²) >= 11 is 1.27. The van der Waals surface area contributed by atoms with Gasteiger partial charge in [-0.2, -0.15) is 5.26 Å². The summed E-state index contributed by atoms with van der Waals surface area (Å²) in [5.41, 5.74) is 0. The van der Waals surface area contributed by atoms with E-state index in [1.807, 2.05) is 6.07 Å². The molecule has 1 heterocycles. The van der Waals surface area contributed by atoms with Crippen molar-refractivity contribution in [1.82, 2.24) is 10.2 Å². The number of aromatic nitrogens is 2. The molecule has 0 spiro atoms. The van der Waals surface area contributed by atoms with Gasteiger partial charge in [-0.3, -0.25) is 0 Å². The highest BCUT2D eigenvalue weighted by molar-refractivity contribution is 7.11. The summed E-state index contributed by atoms with van der Waals surface area (Å²) in [7, 11) is 0. The normalized spacial score (nSPS) is 12.5. The second-order valence-corrected chi connectivity index (χ2v) is 3.14. The molecule has 0 amide bonds. The van der Waals surface area contributed by atoms with Crippen LogP contribution in [0.3, 0.4) is 0 Å². The Hall–Kier alpha value is -0.990. The van der Waals surface area contributed by atoms with E-state index in [1.54, 1.807) is 6.92 Å². The lowest BCUT2D eigenvalue weighted by atomic mass is 10.2. The standard InChI is InChI=1S/C6H7N3OS/c1-4(2-7)6-9-8-5(3-10)11-6/h4,10H,3H2,1H3/t4-/m0/s1. The molecule has 1 N–H and O–H groups in total. The lowest BCUT2D eigenvalue weighted by Crippen LogP contribution is -1.86. The minimum absolute atomic E-state index is 0.101. The fourth-order valence-corrected chi connectivity index (χ4v) is 1.26. The molecule has 0 radical (unpaired) electrons. The topological polar surface area (TPSA) is 69.8 Å². The molecule has 1 atom stereocenters. The van der Waals surface area contributed by atoms with Crippen molar-refractivity contribution in [2.45, 2.75) is 19.4 Å². The Morgan fingerprint density at radius 2 is 2.45 bits per heavy atom. The van der Waals surface area contributed by atoms with Crippen LogP contribution in [0.15, 0.2) is 0 Å². The number of hydrogen-bond donors (Lipinski definition) is 1. The molecule has 5 heteroatoms. The summed E-state index contributed by atoms with van der Waals surface area (Å²) in [6.45, 7) is 1.65. The van der Waals surface area contributed by atoms with Crippen LogP contribution in [-0.2, 0) is 6.61 Å². The zero-order chi connectivity index (χ0) is 8.27. The molecule has 1 aromatic rings. The minimum Gasteiger partial charge on any atom is -0.389 e. The molecule has 0 saturated heterocycles. The van der Waals surface area contributed by atoms with Crippen molar-refractivity contribution < 1.29 is 5.11 Å². The van der Waals surface area contributed by atoms with Crippen LogP contribution in [0.5, 0.6) is 0 Å². The minimum atomic E-state index is -0.229. The van der Waals surface area contributed by atoms with Crippen LogP contribution in [-0.4, -0.2) is 15.3 Å². The van der Waals surface area contributed by atoms with Gasteiger partial charge in [0.15, 0.2) is 0 Å². The number of aliphatic hydroxyl groups excluding tert-OH is 1. The maximum atomic E-state index is 8.63. The van der Waals surface area contributed by atoms with Gasteiger partial charge in [0.05, 0.1) is 18.6 Å². The van der Waals surface area contributed by atoms with Crippen molar-refractivity contribution in [2.24, 2.45) is 0 Å². The molecule has 0 fully saturated rings. The molecule has 0 aliphatic carbocycles. The highest BCUT2D eigenvalue weighted by Gasteiger charge is 2.09. The fraction of sp³-hybridized carbons (Fsp3) is 0.500. The molecular formula is C6H7N3OS. The molecule has 0 bridgehead atoms.